The fourth-order valence-corrected chi connectivity index (χ4v) is 4.33. The third kappa shape index (κ3) is 3.67. The van der Waals surface area contributed by atoms with Gasteiger partial charge in [-0.25, -0.2) is 8.42 Å². The van der Waals surface area contributed by atoms with Crippen molar-refractivity contribution in [1.29, 1.82) is 0 Å². The predicted octanol–water partition coefficient (Wildman–Crippen LogP) is 1.48. The minimum absolute atomic E-state index is 0.172. The Labute approximate surface area is 119 Å². The first-order valence-corrected chi connectivity index (χ1v) is 8.45. The van der Waals surface area contributed by atoms with Crippen LogP contribution in [0.25, 0.3) is 0 Å². The largest absolute Gasteiger partial charge is 0.389 e. The van der Waals surface area contributed by atoms with Crippen molar-refractivity contribution >= 4 is 32.7 Å². The number of sulfone groups is 1. The normalized spacial score (nSPS) is 21.2. The van der Waals surface area contributed by atoms with E-state index < -0.39 is 9.84 Å². The Balaban J connectivity index is 2.06. The van der Waals surface area contributed by atoms with Gasteiger partial charge in [0.1, 0.15) is 4.99 Å². The second kappa shape index (κ2) is 5.46. The van der Waals surface area contributed by atoms with Crippen LogP contribution in [0.4, 0.5) is 5.69 Å². The monoisotopic (exact) mass is 298 g/mol. The average Bonchev–Trinajstić information content (AvgIpc) is 2.67. The number of rotatable bonds is 4. The van der Waals surface area contributed by atoms with Crippen LogP contribution in [0.1, 0.15) is 17.5 Å². The minimum atomic E-state index is -2.82. The van der Waals surface area contributed by atoms with Gasteiger partial charge in [0.15, 0.2) is 9.84 Å². The van der Waals surface area contributed by atoms with Crippen molar-refractivity contribution in [3.63, 3.8) is 0 Å². The van der Waals surface area contributed by atoms with Crippen molar-refractivity contribution in [2.45, 2.75) is 13.3 Å². The van der Waals surface area contributed by atoms with E-state index in [0.29, 0.717) is 17.3 Å². The Hall–Kier alpha value is -1.14. The van der Waals surface area contributed by atoms with E-state index in [2.05, 4.69) is 5.32 Å². The maximum absolute atomic E-state index is 11.4. The van der Waals surface area contributed by atoms with E-state index in [1.807, 2.05) is 25.1 Å². The number of hydrogen-bond donors (Lipinski definition) is 2. The van der Waals surface area contributed by atoms with Crippen molar-refractivity contribution < 1.29 is 8.42 Å². The van der Waals surface area contributed by atoms with Crippen LogP contribution in [0.15, 0.2) is 18.2 Å². The van der Waals surface area contributed by atoms with Crippen LogP contribution in [-0.4, -0.2) is 31.5 Å². The standard InChI is InChI=1S/C13H18N2O2S2/c1-9-2-3-12(11(6-9)13(14)18)15-7-10-4-5-19(16,17)8-10/h2-3,6,10,15H,4-5,7-8H2,1H3,(H2,14,18). The molecule has 0 aromatic heterocycles. The summed E-state index contributed by atoms with van der Waals surface area (Å²) in [5, 5.41) is 3.27. The summed E-state index contributed by atoms with van der Waals surface area (Å²) >= 11 is 5.04. The highest BCUT2D eigenvalue weighted by atomic mass is 32.2. The average molecular weight is 298 g/mol. The third-order valence-electron chi connectivity index (χ3n) is 3.35. The van der Waals surface area contributed by atoms with Gasteiger partial charge in [-0.2, -0.15) is 0 Å². The molecule has 1 aromatic carbocycles. The minimum Gasteiger partial charge on any atom is -0.389 e. The Morgan fingerprint density at radius 3 is 2.84 bits per heavy atom. The maximum Gasteiger partial charge on any atom is 0.150 e. The van der Waals surface area contributed by atoms with Gasteiger partial charge < -0.3 is 11.1 Å². The Bertz CT molecular complexity index is 597. The summed E-state index contributed by atoms with van der Waals surface area (Å²) in [4.78, 5) is 0.352. The molecule has 0 saturated carbocycles. The van der Waals surface area contributed by atoms with Gasteiger partial charge >= 0.3 is 0 Å². The number of thiocarbonyl (C=S) groups is 1. The van der Waals surface area contributed by atoms with Crippen molar-refractivity contribution in [2.24, 2.45) is 11.7 Å². The zero-order chi connectivity index (χ0) is 14.0. The number of nitrogens with one attached hydrogen (secondary N) is 1. The second-order valence-corrected chi connectivity index (χ2v) is 7.73. The first kappa shape index (κ1) is 14.3. The van der Waals surface area contributed by atoms with E-state index in [1.165, 1.54) is 0 Å². The predicted molar refractivity (Wildman–Crippen MR) is 82.3 cm³/mol. The zero-order valence-corrected chi connectivity index (χ0v) is 12.5. The Kier molecular flexibility index (Phi) is 4.10. The molecule has 1 aliphatic rings. The molecule has 0 amide bonds. The van der Waals surface area contributed by atoms with E-state index in [9.17, 15) is 8.42 Å². The lowest BCUT2D eigenvalue weighted by Gasteiger charge is -2.14. The van der Waals surface area contributed by atoms with Crippen LogP contribution in [0.3, 0.4) is 0 Å². The van der Waals surface area contributed by atoms with Crippen LogP contribution >= 0.6 is 12.2 Å². The molecule has 1 heterocycles. The summed E-state index contributed by atoms with van der Waals surface area (Å²) in [5.74, 6) is 0.745. The van der Waals surface area contributed by atoms with Crippen LogP contribution < -0.4 is 11.1 Å². The fourth-order valence-electron chi connectivity index (χ4n) is 2.30. The number of benzene rings is 1. The second-order valence-electron chi connectivity index (χ2n) is 5.06. The maximum atomic E-state index is 11.4. The molecule has 104 valence electrons. The smallest absolute Gasteiger partial charge is 0.150 e. The van der Waals surface area contributed by atoms with E-state index in [-0.39, 0.29) is 11.7 Å². The highest BCUT2D eigenvalue weighted by Crippen LogP contribution is 2.21. The van der Waals surface area contributed by atoms with Crippen molar-refractivity contribution in [3.05, 3.63) is 29.3 Å². The van der Waals surface area contributed by atoms with Gasteiger partial charge in [0.2, 0.25) is 0 Å². The van der Waals surface area contributed by atoms with Gasteiger partial charge in [-0.1, -0.05) is 23.8 Å². The van der Waals surface area contributed by atoms with E-state index >= 15 is 0 Å². The van der Waals surface area contributed by atoms with Gasteiger partial charge in [-0.15, -0.1) is 0 Å². The molecule has 0 aliphatic carbocycles. The molecule has 2 rings (SSSR count). The molecule has 0 bridgehead atoms. The molecule has 19 heavy (non-hydrogen) atoms. The molecule has 1 aromatic rings. The van der Waals surface area contributed by atoms with E-state index in [4.69, 9.17) is 18.0 Å². The number of hydrogen-bond acceptors (Lipinski definition) is 4. The molecule has 3 N–H and O–H groups in total. The SMILES string of the molecule is Cc1ccc(NCC2CCS(=O)(=O)C2)c(C(N)=S)c1. The lowest BCUT2D eigenvalue weighted by Crippen LogP contribution is -2.19. The number of aryl methyl sites for hydroxylation is 1. The summed E-state index contributed by atoms with van der Waals surface area (Å²) in [5.41, 5.74) is 8.49. The molecule has 1 atom stereocenters. The quantitative estimate of drug-likeness (QED) is 0.824. The molecular formula is C13H18N2O2S2. The molecule has 0 radical (unpaired) electrons. The van der Waals surface area contributed by atoms with Gasteiger partial charge in [0.05, 0.1) is 11.5 Å². The molecule has 1 aliphatic heterocycles. The molecule has 1 unspecified atom stereocenters. The van der Waals surface area contributed by atoms with Crippen molar-refractivity contribution in [1.82, 2.24) is 0 Å². The zero-order valence-electron chi connectivity index (χ0n) is 10.8. The molecule has 4 nitrogen and oxygen atoms in total. The molecular weight excluding hydrogens is 280 g/mol. The summed E-state index contributed by atoms with van der Waals surface area (Å²) in [6.07, 6.45) is 0.726. The number of nitrogens with two attached hydrogens (primary N) is 1. The molecule has 1 saturated heterocycles. The molecule has 1 fully saturated rings. The molecule has 6 heteroatoms. The van der Waals surface area contributed by atoms with Crippen molar-refractivity contribution in [2.75, 3.05) is 23.4 Å². The third-order valence-corrected chi connectivity index (χ3v) is 5.41. The lowest BCUT2D eigenvalue weighted by molar-refractivity contribution is 0.596. The van der Waals surface area contributed by atoms with E-state index in [0.717, 1.165) is 23.2 Å². The van der Waals surface area contributed by atoms with Crippen molar-refractivity contribution in [3.8, 4) is 0 Å². The van der Waals surface area contributed by atoms with Gasteiger partial charge in [0, 0.05) is 17.8 Å². The highest BCUT2D eigenvalue weighted by molar-refractivity contribution is 7.91. The summed E-state index contributed by atoms with van der Waals surface area (Å²) in [7, 11) is -2.82. The lowest BCUT2D eigenvalue weighted by atomic mass is 10.1. The number of anilines is 1. The van der Waals surface area contributed by atoms with Gasteiger partial charge in [0.25, 0.3) is 0 Å². The van der Waals surface area contributed by atoms with Gasteiger partial charge in [-0.05, 0) is 31.4 Å². The van der Waals surface area contributed by atoms with Crippen LogP contribution in [0.5, 0.6) is 0 Å². The van der Waals surface area contributed by atoms with Gasteiger partial charge in [-0.3, -0.25) is 0 Å². The van der Waals surface area contributed by atoms with Crippen LogP contribution in [0.2, 0.25) is 0 Å². The summed E-state index contributed by atoms with van der Waals surface area (Å²) in [6, 6.07) is 5.86. The molecule has 0 spiro atoms. The highest BCUT2D eigenvalue weighted by Gasteiger charge is 2.27. The summed E-state index contributed by atoms with van der Waals surface area (Å²) < 4.78 is 22.8. The summed E-state index contributed by atoms with van der Waals surface area (Å²) in [6.45, 7) is 2.62. The fraction of sp³-hybridized carbons (Fsp3) is 0.462. The van der Waals surface area contributed by atoms with Crippen LogP contribution in [-0.2, 0) is 9.84 Å². The Morgan fingerprint density at radius 1 is 1.53 bits per heavy atom. The topological polar surface area (TPSA) is 72.2 Å². The Morgan fingerprint density at radius 2 is 2.26 bits per heavy atom. The van der Waals surface area contributed by atoms with E-state index in [1.54, 1.807) is 0 Å². The first-order valence-electron chi connectivity index (χ1n) is 6.22. The van der Waals surface area contributed by atoms with Crippen LogP contribution in [0, 0.1) is 12.8 Å². The first-order chi connectivity index (χ1) is 8.87.